The maximum atomic E-state index is 12.9. The lowest BCUT2D eigenvalue weighted by Crippen LogP contribution is -2.52. The van der Waals surface area contributed by atoms with E-state index in [1.165, 1.54) is 15.9 Å². The van der Waals surface area contributed by atoms with Crippen molar-refractivity contribution in [2.75, 3.05) is 10.6 Å². The molecule has 0 spiro atoms. The number of aldehydes is 1. The van der Waals surface area contributed by atoms with Crippen LogP contribution >= 0.6 is 23.2 Å². The third-order valence-corrected chi connectivity index (χ3v) is 12.5. The second kappa shape index (κ2) is 19.9. The van der Waals surface area contributed by atoms with Crippen molar-refractivity contribution < 1.29 is 48.3 Å². The lowest BCUT2D eigenvalue weighted by molar-refractivity contribution is -0.138. The normalized spacial score (nSPS) is 17.5. The van der Waals surface area contributed by atoms with Gasteiger partial charge in [-0.1, -0.05) is 47.5 Å². The van der Waals surface area contributed by atoms with Gasteiger partial charge < -0.3 is 36.2 Å². The quantitative estimate of drug-likeness (QED) is 0.0848. The van der Waals surface area contributed by atoms with Gasteiger partial charge in [-0.15, -0.1) is 0 Å². The number of hydrogen-bond donors (Lipinski definition) is 7. The smallest absolute Gasteiger partial charge is 0.319 e. The van der Waals surface area contributed by atoms with Crippen molar-refractivity contribution >= 4 is 88.4 Å². The molecule has 4 aliphatic rings. The molecule has 10 amide bonds. The highest BCUT2D eigenvalue weighted by Crippen LogP contribution is 2.31. The zero-order valence-corrected chi connectivity index (χ0v) is 37.2. The Bertz CT molecular complexity index is 2730. The van der Waals surface area contributed by atoms with Gasteiger partial charge in [0.15, 0.2) is 0 Å². The van der Waals surface area contributed by atoms with E-state index < -0.39 is 36.0 Å². The Morgan fingerprint density at radius 1 is 0.682 bits per heavy atom. The van der Waals surface area contributed by atoms with Crippen LogP contribution < -0.4 is 31.9 Å². The van der Waals surface area contributed by atoms with Gasteiger partial charge in [0.25, 0.3) is 11.8 Å². The highest BCUT2D eigenvalue weighted by molar-refractivity contribution is 6.32. The van der Waals surface area contributed by atoms with E-state index in [-0.39, 0.29) is 56.2 Å². The minimum atomic E-state index is -0.674. The first-order valence-corrected chi connectivity index (χ1v) is 21.6. The summed E-state index contributed by atoms with van der Waals surface area (Å²) in [4.78, 5) is 112. The number of imide groups is 2. The molecule has 2 atom stereocenters. The van der Waals surface area contributed by atoms with Gasteiger partial charge in [0.05, 0.1) is 6.61 Å². The first kappa shape index (κ1) is 46.8. The van der Waals surface area contributed by atoms with Crippen molar-refractivity contribution in [1.29, 1.82) is 0 Å². The van der Waals surface area contributed by atoms with Crippen molar-refractivity contribution in [2.24, 2.45) is 0 Å². The number of nitrogens with one attached hydrogen (secondary N) is 6. The molecule has 0 radical (unpaired) electrons. The van der Waals surface area contributed by atoms with E-state index in [4.69, 9.17) is 23.2 Å². The van der Waals surface area contributed by atoms with E-state index in [0.29, 0.717) is 87.0 Å². The number of nitrogens with zero attached hydrogens (tertiary/aromatic N) is 2. The van der Waals surface area contributed by atoms with E-state index >= 15 is 0 Å². The number of fused-ring (bicyclic) bond motifs is 2. The number of aliphatic hydroxyl groups is 1. The van der Waals surface area contributed by atoms with E-state index in [1.807, 2.05) is 6.07 Å². The third-order valence-electron chi connectivity index (χ3n) is 11.7. The van der Waals surface area contributed by atoms with E-state index in [2.05, 4.69) is 31.9 Å². The number of aliphatic hydroxyl groups excluding tert-OH is 1. The number of halogens is 2. The van der Waals surface area contributed by atoms with Crippen molar-refractivity contribution in [3.8, 4) is 0 Å². The average molecular weight is 940 g/mol. The number of hydrogen-bond acceptors (Lipinski definition) is 10. The van der Waals surface area contributed by atoms with Crippen molar-refractivity contribution in [1.82, 2.24) is 31.1 Å². The summed E-state index contributed by atoms with van der Waals surface area (Å²) in [6.07, 6.45) is 1.67. The van der Waals surface area contributed by atoms with Crippen LogP contribution in [-0.2, 0) is 52.0 Å². The average Bonchev–Trinajstić information content (AvgIpc) is 3.79. The molecule has 2 unspecified atom stereocenters. The maximum Gasteiger partial charge on any atom is 0.319 e. The molecular weight excluding hydrogens is 895 g/mol. The first-order chi connectivity index (χ1) is 31.5. The van der Waals surface area contributed by atoms with Crippen molar-refractivity contribution in [2.45, 2.75) is 84.4 Å². The summed E-state index contributed by atoms with van der Waals surface area (Å²) in [5.41, 5.74) is 7.19. The minimum absolute atomic E-state index is 0.158. The Morgan fingerprint density at radius 3 is 1.58 bits per heavy atom. The van der Waals surface area contributed by atoms with Crippen LogP contribution in [0.4, 0.5) is 21.0 Å². The number of benzene rings is 4. The highest BCUT2D eigenvalue weighted by Gasteiger charge is 2.40. The molecule has 18 nitrogen and oxygen atoms in total. The van der Waals surface area contributed by atoms with Crippen LogP contribution in [0.3, 0.4) is 0 Å². The number of carbonyl (C=O) groups excluding carboxylic acids is 9. The fourth-order valence-electron chi connectivity index (χ4n) is 8.01. The van der Waals surface area contributed by atoms with Crippen LogP contribution in [0.1, 0.15) is 95.7 Å². The number of urea groups is 2. The third kappa shape index (κ3) is 10.4. The summed E-state index contributed by atoms with van der Waals surface area (Å²) in [6.45, 7) is 4.24. The second-order valence-corrected chi connectivity index (χ2v) is 16.9. The van der Waals surface area contributed by atoms with E-state index in [1.54, 1.807) is 62.4 Å². The van der Waals surface area contributed by atoms with E-state index in [0.717, 1.165) is 22.3 Å². The number of amides is 10. The summed E-state index contributed by atoms with van der Waals surface area (Å²) in [5.74, 6) is -2.11. The van der Waals surface area contributed by atoms with Gasteiger partial charge in [-0.25, -0.2) is 9.59 Å². The van der Waals surface area contributed by atoms with Gasteiger partial charge in [-0.05, 0) is 102 Å². The molecule has 2 fully saturated rings. The van der Waals surface area contributed by atoms with Crippen LogP contribution in [0.5, 0.6) is 0 Å². The lowest BCUT2D eigenvalue weighted by atomic mass is 10.0. The van der Waals surface area contributed by atoms with Crippen LogP contribution in [0.2, 0.25) is 10.0 Å². The lowest BCUT2D eigenvalue weighted by Gasteiger charge is -2.29. The molecule has 8 rings (SSSR count). The predicted molar refractivity (Wildman–Crippen MR) is 240 cm³/mol. The summed E-state index contributed by atoms with van der Waals surface area (Å²) >= 11 is 12.2. The van der Waals surface area contributed by atoms with Crippen LogP contribution in [0.25, 0.3) is 0 Å². The van der Waals surface area contributed by atoms with Crippen molar-refractivity contribution in [3.63, 3.8) is 0 Å². The van der Waals surface area contributed by atoms with Gasteiger partial charge >= 0.3 is 12.1 Å². The molecule has 2 saturated heterocycles. The molecule has 4 heterocycles. The zero-order chi connectivity index (χ0) is 47.4. The Labute approximate surface area is 387 Å². The SMILES string of the molecule is Cc1c(Cl)cc(NC(=O)NCc2ccc3c(c2)C(=O)N(C2CCC(=O)NC2=O)C3)cc1C=O.Cc1c(Cl)cc(NC(=O)NCc2ccc3c(c2)C(=O)N(C2CCC(=O)NC2=O)C3)cc1CO. The molecule has 0 bridgehead atoms. The van der Waals surface area contributed by atoms with Gasteiger partial charge in [-0.3, -0.25) is 44.2 Å². The monoisotopic (exact) mass is 938 g/mol. The number of carbonyl (C=O) groups is 9. The fourth-order valence-corrected chi connectivity index (χ4v) is 8.47. The molecule has 4 aromatic rings. The Kier molecular flexibility index (Phi) is 14.1. The molecule has 4 aliphatic heterocycles. The Balaban J connectivity index is 0.000000196. The van der Waals surface area contributed by atoms with Gasteiger partial charge in [0, 0.05) is 77.1 Å². The number of rotatable bonds is 10. The van der Waals surface area contributed by atoms with Crippen LogP contribution in [0.15, 0.2) is 60.7 Å². The molecule has 0 aromatic heterocycles. The molecule has 0 aliphatic carbocycles. The molecule has 20 heteroatoms. The predicted octanol–water partition coefficient (Wildman–Crippen LogP) is 4.77. The van der Waals surface area contributed by atoms with Gasteiger partial charge in [-0.2, -0.15) is 0 Å². The van der Waals surface area contributed by atoms with Crippen molar-refractivity contribution in [3.05, 3.63) is 126 Å². The number of piperidine rings is 2. The summed E-state index contributed by atoms with van der Waals surface area (Å²) in [6, 6.07) is 14.7. The largest absolute Gasteiger partial charge is 0.392 e. The molecule has 342 valence electrons. The first-order valence-electron chi connectivity index (χ1n) is 20.8. The van der Waals surface area contributed by atoms with Gasteiger partial charge in [0.2, 0.25) is 23.6 Å². The summed E-state index contributed by atoms with van der Waals surface area (Å²) in [7, 11) is 0. The van der Waals surface area contributed by atoms with Crippen LogP contribution in [0, 0.1) is 13.8 Å². The molecular formula is C46H44Cl2N8O10. The standard InChI is InChI=1S/C23H23ClN4O5.C23H21ClN4O5/c2*1-12-15(11-29)7-16(8-18(12)24)26-23(33)25-9-13-2-3-14-10-28(22(32)17(14)6-13)19-4-5-20(30)27-21(19)31/h2-3,6-8,19,29H,4-5,9-11H2,1H3,(H2,25,26,33)(H,27,30,31);2-3,6-8,11,19H,4-5,9-10H2,1H3,(H2,25,26,33)(H,27,30,31). The summed E-state index contributed by atoms with van der Waals surface area (Å²) in [5, 5.41) is 25.5. The second-order valence-electron chi connectivity index (χ2n) is 16.1. The minimum Gasteiger partial charge on any atom is -0.392 e. The Morgan fingerprint density at radius 2 is 1.14 bits per heavy atom. The fraction of sp³-hybridized carbons (Fsp3) is 0.283. The number of anilines is 2. The Hall–Kier alpha value is -7.15. The molecule has 4 aromatic carbocycles. The topological polar surface area (TPSA) is 253 Å². The maximum absolute atomic E-state index is 12.9. The van der Waals surface area contributed by atoms with Crippen LogP contribution in [-0.4, -0.2) is 80.8 Å². The van der Waals surface area contributed by atoms with Gasteiger partial charge in [0.1, 0.15) is 18.4 Å². The molecule has 0 saturated carbocycles. The van der Waals surface area contributed by atoms with E-state index in [9.17, 15) is 48.3 Å². The zero-order valence-electron chi connectivity index (χ0n) is 35.6. The summed E-state index contributed by atoms with van der Waals surface area (Å²) < 4.78 is 0. The molecule has 66 heavy (non-hydrogen) atoms. The molecule has 7 N–H and O–H groups in total. The highest BCUT2D eigenvalue weighted by atomic mass is 35.5.